The molecule has 15 heavy (non-hydrogen) atoms. The average molecular weight is 224 g/mol. The number of halogens is 2. The maximum Gasteiger partial charge on any atom is 0.222 e. The molecule has 0 aliphatic rings. The van der Waals surface area contributed by atoms with Gasteiger partial charge in [0.25, 0.3) is 0 Å². The molecule has 76 valence electrons. The number of anilines is 1. The van der Waals surface area contributed by atoms with Gasteiger partial charge in [-0.3, -0.25) is 0 Å². The largest absolute Gasteiger partial charge is 0.368 e. The minimum atomic E-state index is -0.655. The minimum Gasteiger partial charge on any atom is -0.368 e. The van der Waals surface area contributed by atoms with Crippen molar-refractivity contribution in [2.24, 2.45) is 0 Å². The maximum atomic E-state index is 13.6. The van der Waals surface area contributed by atoms with Crippen LogP contribution in [0, 0.1) is 5.82 Å². The van der Waals surface area contributed by atoms with Gasteiger partial charge in [0.1, 0.15) is 5.69 Å². The summed E-state index contributed by atoms with van der Waals surface area (Å²) in [5, 5.41) is -0.263. The summed E-state index contributed by atoms with van der Waals surface area (Å²) < 4.78 is 13.6. The van der Waals surface area contributed by atoms with Crippen molar-refractivity contribution in [2.45, 2.75) is 0 Å². The Kier molecular flexibility index (Phi) is 2.51. The van der Waals surface area contributed by atoms with Crippen LogP contribution in [0.15, 0.2) is 30.3 Å². The minimum absolute atomic E-state index is 0.0414. The van der Waals surface area contributed by atoms with Gasteiger partial charge in [0.15, 0.2) is 11.0 Å². The molecule has 0 bridgehead atoms. The third-order valence-corrected chi connectivity index (χ3v) is 2.13. The molecule has 0 aliphatic carbocycles. The first-order chi connectivity index (χ1) is 7.18. The van der Waals surface area contributed by atoms with E-state index < -0.39 is 5.82 Å². The molecule has 1 heterocycles. The third-order valence-electron chi connectivity index (χ3n) is 1.88. The normalized spacial score (nSPS) is 10.3. The van der Waals surface area contributed by atoms with E-state index in [1.807, 2.05) is 6.07 Å². The van der Waals surface area contributed by atoms with Crippen molar-refractivity contribution in [2.75, 3.05) is 5.73 Å². The first-order valence-corrected chi connectivity index (χ1v) is 4.60. The molecule has 0 atom stereocenters. The molecular weight excluding hydrogens is 217 g/mol. The Bertz CT molecular complexity index is 488. The number of hydrogen-bond donors (Lipinski definition) is 1. The summed E-state index contributed by atoms with van der Waals surface area (Å²) in [5.41, 5.74) is 6.13. The molecule has 2 N–H and O–H groups in total. The second-order valence-corrected chi connectivity index (χ2v) is 3.26. The number of rotatable bonds is 1. The highest BCUT2D eigenvalue weighted by molar-refractivity contribution is 6.29. The molecular formula is C10H7ClFN3. The lowest BCUT2D eigenvalue weighted by Gasteiger charge is -2.04. The molecule has 0 fully saturated rings. The molecule has 2 aromatic rings. The van der Waals surface area contributed by atoms with E-state index in [0.717, 1.165) is 0 Å². The van der Waals surface area contributed by atoms with E-state index >= 15 is 0 Å². The van der Waals surface area contributed by atoms with E-state index in [4.69, 9.17) is 17.3 Å². The van der Waals surface area contributed by atoms with Crippen LogP contribution in [-0.2, 0) is 0 Å². The molecule has 0 saturated heterocycles. The van der Waals surface area contributed by atoms with Gasteiger partial charge < -0.3 is 5.73 Å². The molecule has 0 saturated carbocycles. The Balaban J connectivity index is 2.63. The highest BCUT2D eigenvalue weighted by Crippen LogP contribution is 2.24. The first kappa shape index (κ1) is 9.86. The fourth-order valence-electron chi connectivity index (χ4n) is 1.22. The fraction of sp³-hybridized carbons (Fsp3) is 0. The van der Waals surface area contributed by atoms with Gasteiger partial charge in [-0.25, -0.2) is 9.37 Å². The van der Waals surface area contributed by atoms with Crippen LogP contribution < -0.4 is 5.73 Å². The standard InChI is InChI=1S/C10H7ClFN3/c11-9-7(12)8(14-10(13)15-9)6-4-2-1-3-5-6/h1-5H,(H2,13,14,15). The summed E-state index contributed by atoms with van der Waals surface area (Å²) in [4.78, 5) is 7.33. The lowest BCUT2D eigenvalue weighted by molar-refractivity contribution is 0.619. The summed E-state index contributed by atoms with van der Waals surface area (Å²) in [6.07, 6.45) is 0. The number of nitrogens with two attached hydrogens (primary N) is 1. The summed E-state index contributed by atoms with van der Waals surface area (Å²) in [5.74, 6) is -0.697. The second-order valence-electron chi connectivity index (χ2n) is 2.90. The molecule has 0 aliphatic heterocycles. The van der Waals surface area contributed by atoms with Gasteiger partial charge in [-0.1, -0.05) is 41.9 Å². The number of nitrogens with zero attached hydrogens (tertiary/aromatic N) is 2. The molecule has 5 heteroatoms. The highest BCUT2D eigenvalue weighted by atomic mass is 35.5. The zero-order valence-corrected chi connectivity index (χ0v) is 8.37. The SMILES string of the molecule is Nc1nc(Cl)c(F)c(-c2ccccc2)n1. The van der Waals surface area contributed by atoms with E-state index in [0.29, 0.717) is 5.56 Å². The molecule has 0 spiro atoms. The lowest BCUT2D eigenvalue weighted by atomic mass is 10.1. The van der Waals surface area contributed by atoms with E-state index in [-0.39, 0.29) is 16.8 Å². The van der Waals surface area contributed by atoms with E-state index in [1.54, 1.807) is 24.3 Å². The van der Waals surface area contributed by atoms with Crippen molar-refractivity contribution in [3.05, 3.63) is 41.3 Å². The van der Waals surface area contributed by atoms with Crippen LogP contribution >= 0.6 is 11.6 Å². The number of hydrogen-bond acceptors (Lipinski definition) is 3. The summed E-state index contributed by atoms with van der Waals surface area (Å²) in [6, 6.07) is 8.83. The second kappa shape index (κ2) is 3.82. The number of aromatic nitrogens is 2. The average Bonchev–Trinajstić information content (AvgIpc) is 2.24. The maximum absolute atomic E-state index is 13.6. The van der Waals surface area contributed by atoms with Gasteiger partial charge in [0.2, 0.25) is 5.95 Å². The Morgan fingerprint density at radius 3 is 2.47 bits per heavy atom. The molecule has 1 aromatic heterocycles. The Labute approximate surface area is 90.7 Å². The molecule has 0 radical (unpaired) electrons. The van der Waals surface area contributed by atoms with Crippen LogP contribution in [0.1, 0.15) is 0 Å². The van der Waals surface area contributed by atoms with Crippen molar-refractivity contribution in [1.29, 1.82) is 0 Å². The Morgan fingerprint density at radius 1 is 1.13 bits per heavy atom. The third kappa shape index (κ3) is 1.89. The van der Waals surface area contributed by atoms with Crippen LogP contribution in [0.25, 0.3) is 11.3 Å². The van der Waals surface area contributed by atoms with Crippen molar-refractivity contribution in [3.8, 4) is 11.3 Å². The molecule has 0 amide bonds. The van der Waals surface area contributed by atoms with Crippen molar-refractivity contribution in [1.82, 2.24) is 9.97 Å². The van der Waals surface area contributed by atoms with E-state index in [9.17, 15) is 4.39 Å². The van der Waals surface area contributed by atoms with E-state index in [2.05, 4.69) is 9.97 Å². The highest BCUT2D eigenvalue weighted by Gasteiger charge is 2.12. The van der Waals surface area contributed by atoms with Gasteiger partial charge in [0.05, 0.1) is 0 Å². The van der Waals surface area contributed by atoms with Crippen LogP contribution in [0.5, 0.6) is 0 Å². The molecule has 2 rings (SSSR count). The molecule has 0 unspecified atom stereocenters. The van der Waals surface area contributed by atoms with Crippen molar-refractivity contribution in [3.63, 3.8) is 0 Å². The smallest absolute Gasteiger partial charge is 0.222 e. The predicted octanol–water partition coefficient (Wildman–Crippen LogP) is 2.52. The zero-order chi connectivity index (χ0) is 10.8. The molecule has 3 nitrogen and oxygen atoms in total. The van der Waals surface area contributed by atoms with E-state index in [1.165, 1.54) is 0 Å². The number of nitrogen functional groups attached to an aromatic ring is 1. The Morgan fingerprint density at radius 2 is 1.80 bits per heavy atom. The van der Waals surface area contributed by atoms with Crippen LogP contribution in [0.3, 0.4) is 0 Å². The number of benzene rings is 1. The Hall–Kier alpha value is -1.68. The zero-order valence-electron chi connectivity index (χ0n) is 7.61. The van der Waals surface area contributed by atoms with Crippen molar-refractivity contribution < 1.29 is 4.39 Å². The fourth-order valence-corrected chi connectivity index (χ4v) is 1.40. The van der Waals surface area contributed by atoms with Crippen LogP contribution in [-0.4, -0.2) is 9.97 Å². The van der Waals surface area contributed by atoms with Gasteiger partial charge >= 0.3 is 0 Å². The summed E-state index contributed by atoms with van der Waals surface area (Å²) in [7, 11) is 0. The van der Waals surface area contributed by atoms with Crippen molar-refractivity contribution >= 4 is 17.5 Å². The van der Waals surface area contributed by atoms with Crippen LogP contribution in [0.2, 0.25) is 5.15 Å². The van der Waals surface area contributed by atoms with Gasteiger partial charge in [-0.2, -0.15) is 4.98 Å². The summed E-state index contributed by atoms with van der Waals surface area (Å²) >= 11 is 5.56. The van der Waals surface area contributed by atoms with Gasteiger partial charge in [-0.05, 0) is 0 Å². The van der Waals surface area contributed by atoms with Gasteiger partial charge in [0, 0.05) is 5.56 Å². The topological polar surface area (TPSA) is 51.8 Å². The summed E-state index contributed by atoms with van der Waals surface area (Å²) in [6.45, 7) is 0. The molecule has 1 aromatic carbocycles. The predicted molar refractivity (Wildman–Crippen MR) is 56.8 cm³/mol. The monoisotopic (exact) mass is 223 g/mol. The first-order valence-electron chi connectivity index (χ1n) is 4.22. The quantitative estimate of drug-likeness (QED) is 0.756. The van der Waals surface area contributed by atoms with Crippen LogP contribution in [0.4, 0.5) is 10.3 Å². The van der Waals surface area contributed by atoms with Gasteiger partial charge in [-0.15, -0.1) is 0 Å². The lowest BCUT2D eigenvalue weighted by Crippen LogP contribution is -2.00.